The summed E-state index contributed by atoms with van der Waals surface area (Å²) in [4.78, 5) is 16.9. The molecule has 1 aromatic heterocycles. The lowest BCUT2D eigenvalue weighted by molar-refractivity contribution is 0.103. The first kappa shape index (κ1) is 13.4. The van der Waals surface area contributed by atoms with Crippen molar-refractivity contribution in [2.24, 2.45) is 0 Å². The number of carbonyl (C=O) groups is 1. The zero-order valence-electron chi connectivity index (χ0n) is 11.9. The first-order valence-corrected chi connectivity index (χ1v) is 6.72. The molecule has 3 aromatic rings. The fourth-order valence-corrected chi connectivity index (χ4v) is 2.40. The molecule has 0 bridgehead atoms. The van der Waals surface area contributed by atoms with Crippen molar-refractivity contribution in [3.05, 3.63) is 76.7 Å². The smallest absolute Gasteiger partial charge is 0.193 e. The molecule has 0 aliphatic carbocycles. The number of carbonyl (C=O) groups excluding carboxylic acids is 1. The van der Waals surface area contributed by atoms with Crippen LogP contribution in [0.2, 0.25) is 0 Å². The van der Waals surface area contributed by atoms with Gasteiger partial charge in [-0.05, 0) is 61.9 Å². The summed E-state index contributed by atoms with van der Waals surface area (Å²) in [5.41, 5.74) is 3.42. The van der Waals surface area contributed by atoms with E-state index in [0.29, 0.717) is 11.1 Å². The zero-order chi connectivity index (χ0) is 15.0. The Morgan fingerprint density at radius 2 is 1.76 bits per heavy atom. The minimum absolute atomic E-state index is 0.180. The van der Waals surface area contributed by atoms with E-state index in [2.05, 4.69) is 4.98 Å². The maximum Gasteiger partial charge on any atom is 0.193 e. The van der Waals surface area contributed by atoms with E-state index in [4.69, 9.17) is 0 Å². The maximum atomic E-state index is 13.4. The van der Waals surface area contributed by atoms with E-state index in [0.717, 1.165) is 22.2 Å². The number of fused-ring (bicyclic) bond motifs is 1. The molecule has 0 aliphatic rings. The monoisotopic (exact) mass is 279 g/mol. The van der Waals surface area contributed by atoms with Gasteiger partial charge in [-0.25, -0.2) is 4.39 Å². The Morgan fingerprint density at radius 1 is 0.952 bits per heavy atom. The van der Waals surface area contributed by atoms with Crippen molar-refractivity contribution < 1.29 is 9.18 Å². The number of pyridine rings is 1. The van der Waals surface area contributed by atoms with Crippen LogP contribution in [0.3, 0.4) is 0 Å². The van der Waals surface area contributed by atoms with Crippen LogP contribution in [0.15, 0.2) is 48.5 Å². The lowest BCUT2D eigenvalue weighted by Crippen LogP contribution is -2.02. The predicted molar refractivity (Wildman–Crippen MR) is 81.0 cm³/mol. The van der Waals surface area contributed by atoms with E-state index in [9.17, 15) is 9.18 Å². The standard InChI is InChI=1S/C18H14FNO/c1-11-7-15(10-16(19)8-11)18(21)14-5-6-17-13(9-14)4-3-12(2)20-17/h3-10H,1-2H3. The van der Waals surface area contributed by atoms with Crippen molar-refractivity contribution in [2.75, 3.05) is 0 Å². The van der Waals surface area contributed by atoms with Gasteiger partial charge in [0.2, 0.25) is 0 Å². The number of halogens is 1. The Hall–Kier alpha value is -2.55. The summed E-state index contributed by atoms with van der Waals surface area (Å²) in [6.45, 7) is 3.70. The van der Waals surface area contributed by atoms with E-state index in [1.54, 1.807) is 25.1 Å². The Balaban J connectivity index is 2.07. The quantitative estimate of drug-likeness (QED) is 0.657. The van der Waals surface area contributed by atoms with Crippen molar-refractivity contribution in [1.82, 2.24) is 4.98 Å². The van der Waals surface area contributed by atoms with Crippen LogP contribution in [0.5, 0.6) is 0 Å². The molecule has 0 saturated heterocycles. The van der Waals surface area contributed by atoms with Crippen LogP contribution < -0.4 is 0 Å². The average Bonchev–Trinajstić information content (AvgIpc) is 2.45. The third-order valence-electron chi connectivity index (χ3n) is 3.39. The minimum Gasteiger partial charge on any atom is -0.289 e. The second-order valence-corrected chi connectivity index (χ2v) is 5.21. The van der Waals surface area contributed by atoms with Crippen LogP contribution in [0.1, 0.15) is 27.2 Å². The van der Waals surface area contributed by atoms with Crippen LogP contribution in [0, 0.1) is 19.7 Å². The van der Waals surface area contributed by atoms with Crippen LogP contribution in [-0.2, 0) is 0 Å². The van der Waals surface area contributed by atoms with Gasteiger partial charge in [-0.3, -0.25) is 9.78 Å². The molecule has 104 valence electrons. The Kier molecular flexibility index (Phi) is 3.26. The molecule has 2 nitrogen and oxygen atoms in total. The van der Waals surface area contributed by atoms with E-state index < -0.39 is 5.82 Å². The van der Waals surface area contributed by atoms with Gasteiger partial charge in [-0.2, -0.15) is 0 Å². The number of rotatable bonds is 2. The molecule has 1 heterocycles. The van der Waals surface area contributed by atoms with Crippen LogP contribution in [-0.4, -0.2) is 10.8 Å². The van der Waals surface area contributed by atoms with Gasteiger partial charge in [-0.1, -0.05) is 6.07 Å². The number of hydrogen-bond donors (Lipinski definition) is 0. The Bertz CT molecular complexity index is 835. The van der Waals surface area contributed by atoms with Gasteiger partial charge in [0.15, 0.2) is 5.78 Å². The summed E-state index contributed by atoms with van der Waals surface area (Å²) in [5, 5.41) is 0.902. The minimum atomic E-state index is -0.392. The average molecular weight is 279 g/mol. The van der Waals surface area contributed by atoms with Crippen molar-refractivity contribution in [2.45, 2.75) is 13.8 Å². The molecule has 0 saturated carbocycles. The number of benzene rings is 2. The SMILES string of the molecule is Cc1cc(F)cc(C(=O)c2ccc3nc(C)ccc3c2)c1. The number of aryl methyl sites for hydroxylation is 2. The molecule has 0 N–H and O–H groups in total. The van der Waals surface area contributed by atoms with E-state index in [1.165, 1.54) is 12.1 Å². The van der Waals surface area contributed by atoms with Gasteiger partial charge in [-0.15, -0.1) is 0 Å². The Morgan fingerprint density at radius 3 is 2.52 bits per heavy atom. The lowest BCUT2D eigenvalue weighted by Gasteiger charge is -2.05. The molecular weight excluding hydrogens is 265 g/mol. The van der Waals surface area contributed by atoms with Crippen LogP contribution in [0.25, 0.3) is 10.9 Å². The maximum absolute atomic E-state index is 13.4. The molecule has 0 radical (unpaired) electrons. The number of aromatic nitrogens is 1. The van der Waals surface area contributed by atoms with Crippen LogP contribution in [0.4, 0.5) is 4.39 Å². The molecule has 21 heavy (non-hydrogen) atoms. The second-order valence-electron chi connectivity index (χ2n) is 5.21. The van der Waals surface area contributed by atoms with Gasteiger partial charge in [0.05, 0.1) is 5.52 Å². The van der Waals surface area contributed by atoms with Gasteiger partial charge in [0.25, 0.3) is 0 Å². The Labute approximate surface area is 122 Å². The molecule has 0 fully saturated rings. The summed E-state index contributed by atoms with van der Waals surface area (Å²) < 4.78 is 13.4. The fourth-order valence-electron chi connectivity index (χ4n) is 2.40. The predicted octanol–water partition coefficient (Wildman–Crippen LogP) is 4.22. The number of hydrogen-bond acceptors (Lipinski definition) is 2. The molecule has 0 amide bonds. The van der Waals surface area contributed by atoms with Gasteiger partial charge in [0.1, 0.15) is 5.82 Å². The third kappa shape index (κ3) is 2.68. The van der Waals surface area contributed by atoms with Gasteiger partial charge < -0.3 is 0 Å². The molecule has 0 aliphatic heterocycles. The summed E-state index contributed by atoms with van der Waals surface area (Å²) in [5.74, 6) is -0.573. The third-order valence-corrected chi connectivity index (χ3v) is 3.39. The molecular formula is C18H14FNO. The molecule has 3 heteroatoms. The van der Waals surface area contributed by atoms with E-state index in [1.807, 2.05) is 25.1 Å². The van der Waals surface area contributed by atoms with Crippen molar-refractivity contribution in [3.8, 4) is 0 Å². The first-order valence-electron chi connectivity index (χ1n) is 6.72. The van der Waals surface area contributed by atoms with Crippen LogP contribution >= 0.6 is 0 Å². The van der Waals surface area contributed by atoms with E-state index in [-0.39, 0.29) is 5.78 Å². The molecule has 2 aromatic carbocycles. The largest absolute Gasteiger partial charge is 0.289 e. The highest BCUT2D eigenvalue weighted by Crippen LogP contribution is 2.19. The summed E-state index contributed by atoms with van der Waals surface area (Å²) in [7, 11) is 0. The lowest BCUT2D eigenvalue weighted by atomic mass is 10.00. The fraction of sp³-hybridized carbons (Fsp3) is 0.111. The zero-order valence-corrected chi connectivity index (χ0v) is 11.9. The second kappa shape index (κ2) is 5.09. The first-order chi connectivity index (χ1) is 10.0. The molecule has 0 unspecified atom stereocenters. The number of ketones is 1. The van der Waals surface area contributed by atoms with Crippen molar-refractivity contribution >= 4 is 16.7 Å². The number of nitrogens with zero attached hydrogens (tertiary/aromatic N) is 1. The topological polar surface area (TPSA) is 30.0 Å². The van der Waals surface area contributed by atoms with E-state index >= 15 is 0 Å². The highest BCUT2D eigenvalue weighted by atomic mass is 19.1. The summed E-state index contributed by atoms with van der Waals surface area (Å²) >= 11 is 0. The van der Waals surface area contributed by atoms with Crippen molar-refractivity contribution in [1.29, 1.82) is 0 Å². The molecule has 0 atom stereocenters. The van der Waals surface area contributed by atoms with Gasteiger partial charge in [0, 0.05) is 22.2 Å². The highest BCUT2D eigenvalue weighted by molar-refractivity contribution is 6.10. The van der Waals surface area contributed by atoms with Gasteiger partial charge >= 0.3 is 0 Å². The normalized spacial score (nSPS) is 10.8. The highest BCUT2D eigenvalue weighted by Gasteiger charge is 2.11. The molecule has 3 rings (SSSR count). The molecule has 0 spiro atoms. The van der Waals surface area contributed by atoms with Crippen molar-refractivity contribution in [3.63, 3.8) is 0 Å². The summed E-state index contributed by atoms with van der Waals surface area (Å²) in [6, 6.07) is 13.6. The summed E-state index contributed by atoms with van der Waals surface area (Å²) in [6.07, 6.45) is 0.